The summed E-state index contributed by atoms with van der Waals surface area (Å²) in [5.41, 5.74) is 4.20. The van der Waals surface area contributed by atoms with Crippen molar-refractivity contribution in [2.24, 2.45) is 5.41 Å². The topological polar surface area (TPSA) is 23.5 Å². The number of likely N-dealkylation sites (tertiary alicyclic amines) is 1. The highest BCUT2D eigenvalue weighted by Crippen LogP contribution is 2.37. The molecule has 0 aromatic heterocycles. The maximum absolute atomic E-state index is 10.2. The Hall–Kier alpha value is -1.35. The van der Waals surface area contributed by atoms with Crippen LogP contribution in [0.2, 0.25) is 5.02 Å². The summed E-state index contributed by atoms with van der Waals surface area (Å²) in [6, 6.07) is 17.5. The Morgan fingerprint density at radius 2 is 1.84 bits per heavy atom. The van der Waals surface area contributed by atoms with Crippen LogP contribution in [0.4, 0.5) is 0 Å². The molecule has 1 atom stereocenters. The highest BCUT2D eigenvalue weighted by Gasteiger charge is 2.38. The van der Waals surface area contributed by atoms with Crippen LogP contribution in [0.1, 0.15) is 29.5 Å². The van der Waals surface area contributed by atoms with Crippen molar-refractivity contribution in [3.63, 3.8) is 0 Å². The van der Waals surface area contributed by atoms with Crippen molar-refractivity contribution in [2.45, 2.75) is 38.1 Å². The molecule has 1 aliphatic carbocycles. The van der Waals surface area contributed by atoms with Gasteiger partial charge in [0.1, 0.15) is 0 Å². The van der Waals surface area contributed by atoms with Crippen LogP contribution < -0.4 is 0 Å². The molecule has 2 nitrogen and oxygen atoms in total. The van der Waals surface area contributed by atoms with E-state index in [2.05, 4.69) is 35.2 Å². The van der Waals surface area contributed by atoms with Crippen molar-refractivity contribution < 1.29 is 5.11 Å². The summed E-state index contributed by atoms with van der Waals surface area (Å²) in [5, 5.41) is 11.0. The molecular weight excluding hydrogens is 330 g/mol. The predicted molar refractivity (Wildman–Crippen MR) is 103 cm³/mol. The van der Waals surface area contributed by atoms with E-state index in [0.717, 1.165) is 50.2 Å². The molecule has 2 aromatic rings. The lowest BCUT2D eigenvalue weighted by atomic mass is 9.75. The third-order valence-corrected chi connectivity index (χ3v) is 6.28. The number of piperidine rings is 1. The average molecular weight is 356 g/mol. The van der Waals surface area contributed by atoms with Gasteiger partial charge in [-0.3, -0.25) is 4.90 Å². The van der Waals surface area contributed by atoms with Gasteiger partial charge < -0.3 is 5.11 Å². The number of nitrogens with zero attached hydrogens (tertiary/aromatic N) is 1. The summed E-state index contributed by atoms with van der Waals surface area (Å²) >= 11 is 6.16. The van der Waals surface area contributed by atoms with Crippen molar-refractivity contribution in [1.82, 2.24) is 4.90 Å². The predicted octanol–water partition coefficient (Wildman–Crippen LogP) is 4.12. The number of hydrogen-bond acceptors (Lipinski definition) is 2. The van der Waals surface area contributed by atoms with Gasteiger partial charge in [-0.05, 0) is 67.5 Å². The molecule has 3 heteroatoms. The molecule has 0 bridgehead atoms. The Balaban J connectivity index is 1.49. The molecule has 0 radical (unpaired) electrons. The van der Waals surface area contributed by atoms with Gasteiger partial charge in [0.25, 0.3) is 0 Å². The maximum atomic E-state index is 10.2. The van der Waals surface area contributed by atoms with Crippen molar-refractivity contribution in [3.8, 4) is 0 Å². The minimum Gasteiger partial charge on any atom is -0.396 e. The molecule has 1 saturated heterocycles. The van der Waals surface area contributed by atoms with E-state index in [4.69, 9.17) is 11.6 Å². The molecule has 1 heterocycles. The molecule has 1 unspecified atom stereocenters. The zero-order valence-corrected chi connectivity index (χ0v) is 15.4. The summed E-state index contributed by atoms with van der Waals surface area (Å²) in [6.45, 7) is 2.38. The first-order valence-electron chi connectivity index (χ1n) is 9.34. The van der Waals surface area contributed by atoms with E-state index in [1.165, 1.54) is 16.7 Å². The highest BCUT2D eigenvalue weighted by atomic mass is 35.5. The first kappa shape index (κ1) is 17.1. The molecule has 25 heavy (non-hydrogen) atoms. The van der Waals surface area contributed by atoms with Gasteiger partial charge in [0.05, 0.1) is 6.61 Å². The number of hydrogen-bond donors (Lipinski definition) is 1. The second kappa shape index (κ2) is 7.11. The molecule has 1 aliphatic heterocycles. The van der Waals surface area contributed by atoms with Crippen LogP contribution in [0.5, 0.6) is 0 Å². The molecule has 0 spiro atoms. The fourth-order valence-electron chi connectivity index (χ4n) is 4.76. The number of aliphatic hydroxyl groups excluding tert-OH is 1. The standard InChI is InChI=1S/C22H26ClNO/c23-20-8-3-5-17(11-20)14-22(16-25)9-4-10-24(15-22)21-12-18-6-1-2-7-19(18)13-21/h1-3,5-8,11,21,25H,4,9-10,12-16H2. The van der Waals surface area contributed by atoms with Gasteiger partial charge in [-0.1, -0.05) is 48.0 Å². The van der Waals surface area contributed by atoms with E-state index in [-0.39, 0.29) is 12.0 Å². The number of fused-ring (bicyclic) bond motifs is 1. The molecule has 4 rings (SSSR count). The lowest BCUT2D eigenvalue weighted by Gasteiger charge is -2.44. The molecule has 2 aliphatic rings. The second-order valence-electron chi connectivity index (χ2n) is 7.87. The minimum atomic E-state index is -0.0439. The van der Waals surface area contributed by atoms with Crippen LogP contribution in [-0.4, -0.2) is 35.7 Å². The van der Waals surface area contributed by atoms with E-state index in [9.17, 15) is 5.11 Å². The van der Waals surface area contributed by atoms with E-state index in [1.807, 2.05) is 18.2 Å². The van der Waals surface area contributed by atoms with Crippen molar-refractivity contribution >= 4 is 11.6 Å². The van der Waals surface area contributed by atoms with Crippen LogP contribution in [0, 0.1) is 5.41 Å². The van der Waals surface area contributed by atoms with Gasteiger partial charge in [-0.2, -0.15) is 0 Å². The van der Waals surface area contributed by atoms with Crippen LogP contribution in [0.25, 0.3) is 0 Å². The SMILES string of the molecule is OCC1(Cc2cccc(Cl)c2)CCCN(C2Cc3ccccc3C2)C1. The second-order valence-corrected chi connectivity index (χ2v) is 8.31. The van der Waals surface area contributed by atoms with Crippen molar-refractivity contribution in [1.29, 1.82) is 0 Å². The third kappa shape index (κ3) is 3.62. The first-order chi connectivity index (χ1) is 12.2. The van der Waals surface area contributed by atoms with Gasteiger partial charge in [-0.15, -0.1) is 0 Å². The number of aliphatic hydroxyl groups is 1. The summed E-state index contributed by atoms with van der Waals surface area (Å²) in [6.07, 6.45) is 5.45. The average Bonchev–Trinajstić information content (AvgIpc) is 3.06. The number of benzene rings is 2. The first-order valence-corrected chi connectivity index (χ1v) is 9.71. The fraction of sp³-hybridized carbons (Fsp3) is 0.455. The lowest BCUT2D eigenvalue weighted by Crippen LogP contribution is -2.50. The molecular formula is C22H26ClNO. The molecule has 0 saturated carbocycles. The molecule has 1 fully saturated rings. The van der Waals surface area contributed by atoms with Crippen molar-refractivity contribution in [2.75, 3.05) is 19.7 Å². The van der Waals surface area contributed by atoms with Gasteiger partial charge in [0.15, 0.2) is 0 Å². The largest absolute Gasteiger partial charge is 0.396 e. The summed E-state index contributed by atoms with van der Waals surface area (Å²) in [7, 11) is 0. The van der Waals surface area contributed by atoms with Crippen molar-refractivity contribution in [3.05, 3.63) is 70.2 Å². The Morgan fingerprint density at radius 3 is 2.52 bits per heavy atom. The minimum absolute atomic E-state index is 0.0439. The molecule has 2 aromatic carbocycles. The van der Waals surface area contributed by atoms with Crippen LogP contribution in [0.15, 0.2) is 48.5 Å². The smallest absolute Gasteiger partial charge is 0.0502 e. The number of rotatable bonds is 4. The zero-order chi connectivity index (χ0) is 17.3. The van der Waals surface area contributed by atoms with E-state index >= 15 is 0 Å². The van der Waals surface area contributed by atoms with Crippen LogP contribution >= 0.6 is 11.6 Å². The monoisotopic (exact) mass is 355 g/mol. The Bertz CT molecular complexity index is 721. The van der Waals surface area contributed by atoms with Gasteiger partial charge >= 0.3 is 0 Å². The van der Waals surface area contributed by atoms with Gasteiger partial charge in [0, 0.05) is 23.0 Å². The van der Waals surface area contributed by atoms with E-state index < -0.39 is 0 Å². The zero-order valence-electron chi connectivity index (χ0n) is 14.6. The third-order valence-electron chi connectivity index (χ3n) is 6.04. The van der Waals surface area contributed by atoms with Gasteiger partial charge in [0.2, 0.25) is 0 Å². The fourth-order valence-corrected chi connectivity index (χ4v) is 4.97. The van der Waals surface area contributed by atoms with Gasteiger partial charge in [-0.25, -0.2) is 0 Å². The molecule has 132 valence electrons. The lowest BCUT2D eigenvalue weighted by molar-refractivity contribution is 0.0142. The Kier molecular flexibility index (Phi) is 4.86. The summed E-state index contributed by atoms with van der Waals surface area (Å²) in [4.78, 5) is 2.63. The Morgan fingerprint density at radius 1 is 1.08 bits per heavy atom. The van der Waals surface area contributed by atoms with Crippen LogP contribution in [-0.2, 0) is 19.3 Å². The highest BCUT2D eigenvalue weighted by molar-refractivity contribution is 6.30. The maximum Gasteiger partial charge on any atom is 0.0502 e. The molecule has 1 N–H and O–H groups in total. The Labute approximate surface area is 155 Å². The normalized spacial score (nSPS) is 24.4. The van der Waals surface area contributed by atoms with E-state index in [1.54, 1.807) is 0 Å². The number of halogens is 1. The van der Waals surface area contributed by atoms with Crippen LogP contribution in [0.3, 0.4) is 0 Å². The van der Waals surface area contributed by atoms with E-state index in [0.29, 0.717) is 6.04 Å². The summed E-state index contributed by atoms with van der Waals surface area (Å²) in [5.74, 6) is 0. The quantitative estimate of drug-likeness (QED) is 0.891. The summed E-state index contributed by atoms with van der Waals surface area (Å²) < 4.78 is 0. The molecule has 0 amide bonds.